The molecule has 4 nitrogen and oxygen atoms in total. The van der Waals surface area contributed by atoms with Gasteiger partial charge in [-0.25, -0.2) is 9.82 Å². The Kier molecular flexibility index (Phi) is 5.28. The van der Waals surface area contributed by atoms with E-state index in [1.54, 1.807) is 25.4 Å². The highest BCUT2D eigenvalue weighted by Gasteiger charge is 2.29. The number of ether oxygens (including phenoxy) is 1. The summed E-state index contributed by atoms with van der Waals surface area (Å²) in [6.07, 6.45) is 6.10. The lowest BCUT2D eigenvalue weighted by Crippen LogP contribution is -2.37. The lowest BCUT2D eigenvalue weighted by atomic mass is 9.95. The molecule has 142 valence electrons. The summed E-state index contributed by atoms with van der Waals surface area (Å²) in [6, 6.07) is 16.0. The van der Waals surface area contributed by atoms with Crippen LogP contribution in [0, 0.1) is 5.82 Å². The van der Waals surface area contributed by atoms with Crippen molar-refractivity contribution < 1.29 is 9.13 Å². The minimum Gasteiger partial charge on any atom is -0.495 e. The SMILES string of the molecule is COc1ccccc1N1C=C(c2cc(Cl)ccc2F)C(Cc2cccnc2)N1. The van der Waals surface area contributed by atoms with Crippen LogP contribution in [0.3, 0.4) is 0 Å². The first-order chi connectivity index (χ1) is 13.7. The maximum absolute atomic E-state index is 14.6. The number of benzene rings is 2. The average molecular weight is 396 g/mol. The molecule has 28 heavy (non-hydrogen) atoms. The van der Waals surface area contributed by atoms with Crippen LogP contribution in [0.25, 0.3) is 5.57 Å². The van der Waals surface area contributed by atoms with E-state index in [1.165, 1.54) is 6.07 Å². The Bertz CT molecular complexity index is 1010. The highest BCUT2D eigenvalue weighted by atomic mass is 35.5. The fourth-order valence-corrected chi connectivity index (χ4v) is 3.53. The standard InChI is InChI=1S/C22H19ClFN3O/c1-28-22-7-3-2-6-21(22)27-14-18(17-12-16(23)8-9-19(17)24)20(26-27)11-15-5-4-10-25-13-15/h2-10,12-14,20,26H,11H2,1H3. The second-order valence-electron chi connectivity index (χ2n) is 6.50. The van der Waals surface area contributed by atoms with Gasteiger partial charge in [-0.2, -0.15) is 0 Å². The summed E-state index contributed by atoms with van der Waals surface area (Å²) in [7, 11) is 1.63. The molecule has 0 saturated carbocycles. The van der Waals surface area contributed by atoms with Crippen molar-refractivity contribution in [3.8, 4) is 5.75 Å². The Morgan fingerprint density at radius 2 is 2.04 bits per heavy atom. The molecule has 3 aromatic rings. The molecule has 0 aliphatic carbocycles. The summed E-state index contributed by atoms with van der Waals surface area (Å²) in [5, 5.41) is 2.36. The minimum atomic E-state index is -0.310. The van der Waals surface area contributed by atoms with Gasteiger partial charge < -0.3 is 4.74 Å². The van der Waals surface area contributed by atoms with Gasteiger partial charge in [-0.05, 0) is 54.0 Å². The lowest BCUT2D eigenvalue weighted by molar-refractivity contribution is 0.414. The third kappa shape index (κ3) is 3.72. The zero-order chi connectivity index (χ0) is 19.5. The zero-order valence-corrected chi connectivity index (χ0v) is 16.0. The summed E-state index contributed by atoms with van der Waals surface area (Å²) in [5.41, 5.74) is 6.64. The number of para-hydroxylation sites is 2. The number of pyridine rings is 1. The quantitative estimate of drug-likeness (QED) is 0.669. The van der Waals surface area contributed by atoms with Crippen molar-refractivity contribution in [1.82, 2.24) is 10.4 Å². The smallest absolute Gasteiger partial charge is 0.143 e. The molecule has 0 bridgehead atoms. The van der Waals surface area contributed by atoms with Crippen molar-refractivity contribution in [2.24, 2.45) is 0 Å². The van der Waals surface area contributed by atoms with E-state index in [2.05, 4.69) is 10.4 Å². The normalized spacial score (nSPS) is 16.2. The monoisotopic (exact) mass is 395 g/mol. The van der Waals surface area contributed by atoms with Gasteiger partial charge in [-0.1, -0.05) is 29.8 Å². The van der Waals surface area contributed by atoms with Gasteiger partial charge in [0.05, 0.1) is 18.8 Å². The van der Waals surface area contributed by atoms with Crippen molar-refractivity contribution in [2.45, 2.75) is 12.5 Å². The van der Waals surface area contributed by atoms with E-state index in [-0.39, 0.29) is 11.9 Å². The molecular weight excluding hydrogens is 377 g/mol. The van der Waals surface area contributed by atoms with Gasteiger partial charge in [0.25, 0.3) is 0 Å². The fourth-order valence-electron chi connectivity index (χ4n) is 3.36. The number of hydrazine groups is 1. The van der Waals surface area contributed by atoms with E-state index in [4.69, 9.17) is 16.3 Å². The molecule has 6 heteroatoms. The zero-order valence-electron chi connectivity index (χ0n) is 15.3. The molecule has 1 N–H and O–H groups in total. The minimum absolute atomic E-state index is 0.151. The molecule has 1 aliphatic rings. The van der Waals surface area contributed by atoms with Crippen molar-refractivity contribution in [2.75, 3.05) is 12.1 Å². The van der Waals surface area contributed by atoms with Crippen LogP contribution in [0.5, 0.6) is 5.75 Å². The number of methoxy groups -OCH3 is 1. The molecular formula is C22H19ClFN3O. The van der Waals surface area contributed by atoms with E-state index in [9.17, 15) is 4.39 Å². The van der Waals surface area contributed by atoms with Crippen LogP contribution < -0.4 is 15.2 Å². The fraction of sp³-hybridized carbons (Fsp3) is 0.136. The van der Waals surface area contributed by atoms with Gasteiger partial charge in [0, 0.05) is 29.2 Å². The van der Waals surface area contributed by atoms with Crippen molar-refractivity contribution in [3.63, 3.8) is 0 Å². The average Bonchev–Trinajstić information content (AvgIpc) is 3.14. The van der Waals surface area contributed by atoms with Gasteiger partial charge in [0.1, 0.15) is 11.6 Å². The Morgan fingerprint density at radius 3 is 2.82 bits per heavy atom. The van der Waals surface area contributed by atoms with Gasteiger partial charge in [-0.3, -0.25) is 9.99 Å². The lowest BCUT2D eigenvalue weighted by Gasteiger charge is -2.22. The molecule has 2 aromatic carbocycles. The molecule has 1 aliphatic heterocycles. The number of hydrogen-bond acceptors (Lipinski definition) is 4. The number of hydrogen-bond donors (Lipinski definition) is 1. The molecule has 1 atom stereocenters. The highest BCUT2D eigenvalue weighted by molar-refractivity contribution is 6.30. The molecule has 4 rings (SSSR count). The largest absolute Gasteiger partial charge is 0.495 e. The van der Waals surface area contributed by atoms with E-state index >= 15 is 0 Å². The second kappa shape index (κ2) is 8.00. The van der Waals surface area contributed by atoms with Gasteiger partial charge in [0.2, 0.25) is 0 Å². The summed E-state index contributed by atoms with van der Waals surface area (Å²) in [5.74, 6) is 0.412. The van der Waals surface area contributed by atoms with Crippen molar-refractivity contribution in [3.05, 3.63) is 95.2 Å². The Labute approximate surface area is 168 Å². The van der Waals surface area contributed by atoms with E-state index in [0.29, 0.717) is 17.0 Å². The molecule has 0 spiro atoms. The van der Waals surface area contributed by atoms with Gasteiger partial charge >= 0.3 is 0 Å². The number of halogens is 2. The number of nitrogens with one attached hydrogen (secondary N) is 1. The van der Waals surface area contributed by atoms with E-state index < -0.39 is 0 Å². The van der Waals surface area contributed by atoms with Gasteiger partial charge in [0.15, 0.2) is 0 Å². The number of nitrogens with zero attached hydrogens (tertiary/aromatic N) is 2. The maximum atomic E-state index is 14.6. The first kappa shape index (κ1) is 18.5. The Hall–Kier alpha value is -2.89. The summed E-state index contributed by atoms with van der Waals surface area (Å²) in [4.78, 5) is 4.18. The first-order valence-electron chi connectivity index (χ1n) is 8.90. The Morgan fingerprint density at radius 1 is 1.18 bits per heavy atom. The molecule has 0 radical (unpaired) electrons. The van der Waals surface area contributed by atoms with Crippen LogP contribution in [0.15, 0.2) is 73.2 Å². The van der Waals surface area contributed by atoms with Crippen LogP contribution in [-0.2, 0) is 6.42 Å². The first-order valence-corrected chi connectivity index (χ1v) is 9.28. The maximum Gasteiger partial charge on any atom is 0.143 e. The van der Waals surface area contributed by atoms with Crippen LogP contribution in [0.4, 0.5) is 10.1 Å². The molecule has 2 heterocycles. The number of aromatic nitrogens is 1. The van der Waals surface area contributed by atoms with Crippen molar-refractivity contribution in [1.29, 1.82) is 0 Å². The van der Waals surface area contributed by atoms with Crippen LogP contribution in [-0.4, -0.2) is 18.1 Å². The predicted octanol–water partition coefficient (Wildman–Crippen LogP) is 4.86. The molecule has 1 unspecified atom stereocenters. The van der Waals surface area contributed by atoms with Gasteiger partial charge in [-0.15, -0.1) is 0 Å². The highest BCUT2D eigenvalue weighted by Crippen LogP contribution is 2.35. The Balaban J connectivity index is 1.75. The summed E-state index contributed by atoms with van der Waals surface area (Å²) in [6.45, 7) is 0. The second-order valence-corrected chi connectivity index (χ2v) is 6.93. The summed E-state index contributed by atoms with van der Waals surface area (Å²) >= 11 is 6.15. The number of anilines is 1. The topological polar surface area (TPSA) is 37.4 Å². The van der Waals surface area contributed by atoms with Crippen molar-refractivity contribution >= 4 is 22.9 Å². The number of rotatable bonds is 5. The van der Waals surface area contributed by atoms with Crippen LogP contribution >= 0.6 is 11.6 Å². The van der Waals surface area contributed by atoms with Crippen LogP contribution in [0.1, 0.15) is 11.1 Å². The molecule has 0 saturated heterocycles. The van der Waals surface area contributed by atoms with E-state index in [0.717, 1.165) is 22.6 Å². The molecule has 1 aromatic heterocycles. The predicted molar refractivity (Wildman–Crippen MR) is 110 cm³/mol. The van der Waals surface area contributed by atoms with Crippen LogP contribution in [0.2, 0.25) is 5.02 Å². The van der Waals surface area contributed by atoms with E-state index in [1.807, 2.05) is 53.8 Å². The third-order valence-corrected chi connectivity index (χ3v) is 4.92. The third-order valence-electron chi connectivity index (χ3n) is 4.69. The molecule has 0 amide bonds. The molecule has 0 fully saturated rings. The summed E-state index contributed by atoms with van der Waals surface area (Å²) < 4.78 is 20.1.